The zero-order valence-electron chi connectivity index (χ0n) is 21.8. The average Bonchev–Trinajstić information content (AvgIpc) is 3.27. The number of H-pyrrole nitrogens is 1. The summed E-state index contributed by atoms with van der Waals surface area (Å²) >= 11 is 0. The van der Waals surface area contributed by atoms with Crippen molar-refractivity contribution in [2.24, 2.45) is 17.6 Å². The Morgan fingerprint density at radius 3 is 2.22 bits per heavy atom. The number of amides is 3. The molecule has 1 aromatic carbocycles. The number of nitrogens with one attached hydrogen (secondary N) is 4. The van der Waals surface area contributed by atoms with Crippen molar-refractivity contribution in [3.63, 3.8) is 0 Å². The number of benzene rings is 1. The van der Waals surface area contributed by atoms with Gasteiger partial charge in [-0.25, -0.2) is 4.79 Å². The van der Waals surface area contributed by atoms with Crippen molar-refractivity contribution >= 4 is 34.6 Å². The molecule has 0 saturated heterocycles. The van der Waals surface area contributed by atoms with Crippen LogP contribution in [0.3, 0.4) is 0 Å². The molecule has 8 N–H and O–H groups in total. The van der Waals surface area contributed by atoms with Gasteiger partial charge in [0.05, 0.1) is 6.61 Å². The summed E-state index contributed by atoms with van der Waals surface area (Å²) in [5.41, 5.74) is 7.22. The van der Waals surface area contributed by atoms with Crippen molar-refractivity contribution < 1.29 is 29.4 Å². The molecular formula is C26H39N5O6. The Bertz CT molecular complexity index is 1080. The molecule has 2 rings (SSSR count). The molecule has 204 valence electrons. The van der Waals surface area contributed by atoms with E-state index in [0.29, 0.717) is 6.42 Å². The van der Waals surface area contributed by atoms with Gasteiger partial charge < -0.3 is 36.9 Å². The number of carbonyl (C=O) groups excluding carboxylic acids is 3. The molecule has 2 aromatic rings. The van der Waals surface area contributed by atoms with Crippen LogP contribution in [0.2, 0.25) is 0 Å². The SMILES string of the molecule is CCC(C)C(NC(=O)C(N)CO)C(=O)NC(Cc1c[nH]c2ccccc12)C(=O)NC(CC(C)C)C(=O)O. The standard InChI is InChI=1S/C26H39N5O6/c1-5-15(4)22(31-23(33)18(27)13-32)25(35)29-20(24(34)30-21(26(36)37)10-14(2)3)11-16-12-28-19-9-7-6-8-17(16)19/h6-9,12,14-15,18,20-22,28,32H,5,10-11,13,27H2,1-4H3,(H,29,35)(H,30,34)(H,31,33)(H,36,37). The van der Waals surface area contributed by atoms with Gasteiger partial charge in [0.1, 0.15) is 24.2 Å². The molecule has 3 amide bonds. The average molecular weight is 518 g/mol. The molecule has 0 bridgehead atoms. The van der Waals surface area contributed by atoms with Crippen LogP contribution in [0.25, 0.3) is 10.9 Å². The largest absolute Gasteiger partial charge is 0.480 e. The lowest BCUT2D eigenvalue weighted by Gasteiger charge is -2.28. The number of hydrogen-bond acceptors (Lipinski definition) is 6. The number of aromatic amines is 1. The van der Waals surface area contributed by atoms with Gasteiger partial charge in [-0.2, -0.15) is 0 Å². The number of hydrogen-bond donors (Lipinski definition) is 7. The van der Waals surface area contributed by atoms with E-state index in [0.717, 1.165) is 16.5 Å². The number of rotatable bonds is 14. The van der Waals surface area contributed by atoms with E-state index in [2.05, 4.69) is 20.9 Å². The molecule has 0 spiro atoms. The molecule has 0 saturated carbocycles. The number of nitrogens with two attached hydrogens (primary N) is 1. The van der Waals surface area contributed by atoms with Gasteiger partial charge in [0.2, 0.25) is 17.7 Å². The number of aromatic nitrogens is 1. The third-order valence-corrected chi connectivity index (χ3v) is 6.38. The molecule has 5 unspecified atom stereocenters. The quantitative estimate of drug-likeness (QED) is 0.192. The summed E-state index contributed by atoms with van der Waals surface area (Å²) in [6, 6.07) is 3.04. The first-order valence-electron chi connectivity index (χ1n) is 12.5. The highest BCUT2D eigenvalue weighted by Gasteiger charge is 2.33. The van der Waals surface area contributed by atoms with Gasteiger partial charge in [-0.3, -0.25) is 14.4 Å². The topological polar surface area (TPSA) is 187 Å². The minimum absolute atomic E-state index is 0.0174. The van der Waals surface area contributed by atoms with Crippen LogP contribution >= 0.6 is 0 Å². The second-order valence-corrected chi connectivity index (χ2v) is 9.81. The summed E-state index contributed by atoms with van der Waals surface area (Å²) in [5, 5.41) is 27.5. The third-order valence-electron chi connectivity index (χ3n) is 6.38. The molecule has 5 atom stereocenters. The number of aliphatic carboxylic acids is 1. The highest BCUT2D eigenvalue weighted by molar-refractivity contribution is 5.95. The van der Waals surface area contributed by atoms with Crippen LogP contribution in [0, 0.1) is 11.8 Å². The monoisotopic (exact) mass is 517 g/mol. The summed E-state index contributed by atoms with van der Waals surface area (Å²) in [6.45, 7) is 6.74. The van der Waals surface area contributed by atoms with E-state index < -0.39 is 54.5 Å². The fourth-order valence-electron chi connectivity index (χ4n) is 4.00. The minimum Gasteiger partial charge on any atom is -0.480 e. The number of carboxylic acids is 1. The summed E-state index contributed by atoms with van der Waals surface area (Å²) in [4.78, 5) is 53.9. The van der Waals surface area contributed by atoms with Crippen LogP contribution in [0.1, 0.15) is 46.1 Å². The van der Waals surface area contributed by atoms with E-state index in [4.69, 9.17) is 5.73 Å². The third kappa shape index (κ3) is 8.29. The van der Waals surface area contributed by atoms with Crippen molar-refractivity contribution in [3.05, 3.63) is 36.0 Å². The highest BCUT2D eigenvalue weighted by atomic mass is 16.4. The van der Waals surface area contributed by atoms with Gasteiger partial charge in [0.25, 0.3) is 0 Å². The molecule has 0 aliphatic carbocycles. The first-order chi connectivity index (χ1) is 17.5. The van der Waals surface area contributed by atoms with Crippen molar-refractivity contribution in [2.45, 2.75) is 71.1 Å². The van der Waals surface area contributed by atoms with E-state index in [9.17, 15) is 29.4 Å². The van der Waals surface area contributed by atoms with E-state index in [1.165, 1.54) is 0 Å². The highest BCUT2D eigenvalue weighted by Crippen LogP contribution is 2.20. The lowest BCUT2D eigenvalue weighted by Crippen LogP contribution is -2.59. The predicted octanol–water partition coefficient (Wildman–Crippen LogP) is 0.661. The van der Waals surface area contributed by atoms with Gasteiger partial charge in [0, 0.05) is 23.5 Å². The maximum Gasteiger partial charge on any atom is 0.326 e. The summed E-state index contributed by atoms with van der Waals surface area (Å²) < 4.78 is 0. The Kier molecular flexibility index (Phi) is 11.1. The molecule has 0 fully saturated rings. The number of aliphatic hydroxyl groups excluding tert-OH is 1. The molecule has 11 nitrogen and oxygen atoms in total. The molecule has 1 aromatic heterocycles. The summed E-state index contributed by atoms with van der Waals surface area (Å²) in [6.07, 6.45) is 2.60. The van der Waals surface area contributed by atoms with Crippen molar-refractivity contribution in [3.8, 4) is 0 Å². The van der Waals surface area contributed by atoms with Gasteiger partial charge in [-0.1, -0.05) is 52.3 Å². The minimum atomic E-state index is -1.20. The number of carbonyl (C=O) groups is 4. The van der Waals surface area contributed by atoms with E-state index >= 15 is 0 Å². The molecule has 37 heavy (non-hydrogen) atoms. The Labute approximate surface area is 216 Å². The fourth-order valence-corrected chi connectivity index (χ4v) is 4.00. The zero-order valence-corrected chi connectivity index (χ0v) is 21.8. The number of fused-ring (bicyclic) bond motifs is 1. The molecule has 0 aliphatic heterocycles. The molecule has 11 heteroatoms. The van der Waals surface area contributed by atoms with Gasteiger partial charge >= 0.3 is 5.97 Å². The van der Waals surface area contributed by atoms with Gasteiger partial charge in [-0.15, -0.1) is 0 Å². The number of para-hydroxylation sites is 1. The van der Waals surface area contributed by atoms with Crippen molar-refractivity contribution in [1.82, 2.24) is 20.9 Å². The first-order valence-corrected chi connectivity index (χ1v) is 12.5. The smallest absolute Gasteiger partial charge is 0.326 e. The predicted molar refractivity (Wildman–Crippen MR) is 139 cm³/mol. The van der Waals surface area contributed by atoms with Gasteiger partial charge in [-0.05, 0) is 29.9 Å². The maximum absolute atomic E-state index is 13.4. The second-order valence-electron chi connectivity index (χ2n) is 9.81. The van der Waals surface area contributed by atoms with Crippen molar-refractivity contribution in [2.75, 3.05) is 6.61 Å². The second kappa shape index (κ2) is 13.8. The normalized spacial score (nSPS) is 15.4. The Hall–Kier alpha value is -3.44. The number of carboxylic acid groups (broad SMARTS) is 1. The van der Waals surface area contributed by atoms with Crippen LogP contribution in [-0.4, -0.2) is 69.7 Å². The van der Waals surface area contributed by atoms with Gasteiger partial charge in [0.15, 0.2) is 0 Å². The lowest BCUT2D eigenvalue weighted by molar-refractivity contribution is -0.142. The molecule has 0 radical (unpaired) electrons. The van der Waals surface area contributed by atoms with Crippen LogP contribution < -0.4 is 21.7 Å². The summed E-state index contributed by atoms with van der Waals surface area (Å²) in [5.74, 6) is -3.40. The van der Waals surface area contributed by atoms with E-state index in [-0.39, 0.29) is 24.7 Å². The van der Waals surface area contributed by atoms with E-state index in [1.54, 1.807) is 13.1 Å². The zero-order chi connectivity index (χ0) is 27.7. The number of aliphatic hydroxyl groups is 1. The Balaban J connectivity index is 2.35. The molecular weight excluding hydrogens is 478 g/mol. The van der Waals surface area contributed by atoms with Crippen LogP contribution in [-0.2, 0) is 25.6 Å². The molecule has 0 aliphatic rings. The first kappa shape index (κ1) is 29.8. The van der Waals surface area contributed by atoms with Crippen molar-refractivity contribution in [1.29, 1.82) is 0 Å². The maximum atomic E-state index is 13.4. The van der Waals surface area contributed by atoms with Crippen LogP contribution in [0.4, 0.5) is 0 Å². The lowest BCUT2D eigenvalue weighted by atomic mass is 9.96. The Morgan fingerprint density at radius 2 is 1.62 bits per heavy atom. The molecule has 1 heterocycles. The Morgan fingerprint density at radius 1 is 0.973 bits per heavy atom. The fraction of sp³-hybridized carbons (Fsp3) is 0.538. The van der Waals surface area contributed by atoms with E-state index in [1.807, 2.05) is 45.0 Å². The van der Waals surface area contributed by atoms with Crippen LogP contribution in [0.15, 0.2) is 30.5 Å². The summed E-state index contributed by atoms with van der Waals surface area (Å²) in [7, 11) is 0. The van der Waals surface area contributed by atoms with Crippen LogP contribution in [0.5, 0.6) is 0 Å².